The molecule has 2 aliphatic rings. The Labute approximate surface area is 189 Å². The molecule has 0 radical (unpaired) electrons. The number of halogens is 1. The second kappa shape index (κ2) is 8.49. The van der Waals surface area contributed by atoms with E-state index in [1.165, 1.54) is 11.3 Å². The van der Waals surface area contributed by atoms with Gasteiger partial charge in [0.05, 0.1) is 5.02 Å². The molecular weight excluding hydrogens is 436 g/mol. The molecule has 1 fully saturated rings. The summed E-state index contributed by atoms with van der Waals surface area (Å²) in [6, 6.07) is 13.5. The summed E-state index contributed by atoms with van der Waals surface area (Å²) in [5, 5.41) is 6.22. The average Bonchev–Trinajstić information content (AvgIpc) is 3.48. The van der Waals surface area contributed by atoms with Gasteiger partial charge in [-0.3, -0.25) is 4.79 Å². The van der Waals surface area contributed by atoms with Crippen LogP contribution in [-0.2, 0) is 10.2 Å². The number of carbonyl (C=O) groups excluding carboxylic acids is 1. The monoisotopic (exact) mass is 456 g/mol. The number of hydrogen-bond donors (Lipinski definition) is 1. The van der Waals surface area contributed by atoms with Gasteiger partial charge in [-0.1, -0.05) is 35.9 Å². The fourth-order valence-electron chi connectivity index (χ4n) is 4.03. The van der Waals surface area contributed by atoms with Gasteiger partial charge in [-0.25, -0.2) is 4.98 Å². The number of benzene rings is 2. The molecule has 0 bridgehead atoms. The minimum Gasteiger partial charge on any atom is -0.454 e. The summed E-state index contributed by atoms with van der Waals surface area (Å²) in [5.41, 5.74) is 2.12. The highest BCUT2D eigenvalue weighted by atomic mass is 35.5. The van der Waals surface area contributed by atoms with E-state index in [0.717, 1.165) is 40.5 Å². The van der Waals surface area contributed by atoms with Crippen molar-refractivity contribution in [3.05, 3.63) is 64.1 Å². The third-order valence-corrected chi connectivity index (χ3v) is 7.07. The lowest BCUT2D eigenvalue weighted by atomic mass is 9.74. The number of aromatic nitrogens is 1. The molecule has 8 heteroatoms. The van der Waals surface area contributed by atoms with Gasteiger partial charge in [-0.2, -0.15) is 0 Å². The molecule has 160 valence electrons. The van der Waals surface area contributed by atoms with Crippen LogP contribution >= 0.6 is 22.9 Å². The van der Waals surface area contributed by atoms with Gasteiger partial charge in [0.15, 0.2) is 11.5 Å². The molecule has 1 aromatic heterocycles. The zero-order valence-electron chi connectivity index (χ0n) is 16.7. The van der Waals surface area contributed by atoms with Gasteiger partial charge in [0.25, 0.3) is 5.91 Å². The van der Waals surface area contributed by atoms with E-state index in [4.69, 9.17) is 25.8 Å². The van der Waals surface area contributed by atoms with Crippen molar-refractivity contribution in [1.29, 1.82) is 0 Å². The Hall–Kier alpha value is -2.61. The lowest BCUT2D eigenvalue weighted by Crippen LogP contribution is -2.44. The van der Waals surface area contributed by atoms with Crippen LogP contribution in [0.25, 0.3) is 10.6 Å². The Bertz CT molecular complexity index is 1110. The predicted octanol–water partition coefficient (Wildman–Crippen LogP) is 4.67. The van der Waals surface area contributed by atoms with Crippen molar-refractivity contribution in [1.82, 2.24) is 10.3 Å². The summed E-state index contributed by atoms with van der Waals surface area (Å²) in [6.45, 7) is 2.03. The van der Waals surface area contributed by atoms with Crippen LogP contribution in [-0.4, -0.2) is 37.4 Å². The van der Waals surface area contributed by atoms with Crippen LogP contribution in [0.1, 0.15) is 28.9 Å². The molecule has 2 aliphatic heterocycles. The second-order valence-corrected chi connectivity index (χ2v) is 8.93. The quantitative estimate of drug-likeness (QED) is 0.604. The van der Waals surface area contributed by atoms with Crippen molar-refractivity contribution in [3.63, 3.8) is 0 Å². The van der Waals surface area contributed by atoms with E-state index in [1.807, 2.05) is 36.4 Å². The lowest BCUT2D eigenvalue weighted by molar-refractivity contribution is 0.0486. The van der Waals surface area contributed by atoms with Gasteiger partial charge >= 0.3 is 0 Å². The highest BCUT2D eigenvalue weighted by Crippen LogP contribution is 2.40. The number of ether oxygens (including phenoxy) is 3. The molecule has 1 saturated heterocycles. The summed E-state index contributed by atoms with van der Waals surface area (Å²) in [5.74, 6) is 1.31. The molecule has 3 heterocycles. The third-order valence-electron chi connectivity index (χ3n) is 5.86. The highest BCUT2D eigenvalue weighted by molar-refractivity contribution is 7.13. The molecule has 1 amide bonds. The van der Waals surface area contributed by atoms with Gasteiger partial charge in [-0.15, -0.1) is 11.3 Å². The van der Waals surface area contributed by atoms with Crippen LogP contribution in [0, 0.1) is 0 Å². The molecule has 31 heavy (non-hydrogen) atoms. The van der Waals surface area contributed by atoms with Crippen molar-refractivity contribution in [2.24, 2.45) is 0 Å². The standard InChI is InChI=1S/C23H21ClN2O4S/c24-17-4-2-1-3-16(17)22-26-18(12-31-22)21(27)25-13-23(7-9-28-10-8-23)15-5-6-19-20(11-15)30-14-29-19/h1-6,11-12H,7-10,13-14H2,(H,25,27). The maximum absolute atomic E-state index is 12.9. The van der Waals surface area contributed by atoms with Crippen molar-refractivity contribution in [2.75, 3.05) is 26.6 Å². The zero-order valence-corrected chi connectivity index (χ0v) is 18.3. The highest BCUT2D eigenvalue weighted by Gasteiger charge is 2.36. The number of carbonyl (C=O) groups is 1. The number of nitrogens with zero attached hydrogens (tertiary/aromatic N) is 1. The molecule has 2 aromatic carbocycles. The summed E-state index contributed by atoms with van der Waals surface area (Å²) in [4.78, 5) is 17.4. The molecule has 0 saturated carbocycles. The molecule has 0 atom stereocenters. The first-order valence-corrected chi connectivity index (χ1v) is 11.4. The van der Waals surface area contributed by atoms with E-state index in [-0.39, 0.29) is 18.1 Å². The fourth-order valence-corrected chi connectivity index (χ4v) is 5.15. The smallest absolute Gasteiger partial charge is 0.270 e. The minimum absolute atomic E-state index is 0.193. The topological polar surface area (TPSA) is 69.7 Å². The van der Waals surface area contributed by atoms with E-state index in [1.54, 1.807) is 5.38 Å². The fraction of sp³-hybridized carbons (Fsp3) is 0.304. The van der Waals surface area contributed by atoms with E-state index < -0.39 is 0 Å². The number of rotatable bonds is 5. The van der Waals surface area contributed by atoms with Crippen molar-refractivity contribution in [2.45, 2.75) is 18.3 Å². The number of thiazole rings is 1. The molecule has 6 nitrogen and oxygen atoms in total. The Kier molecular flexibility index (Phi) is 5.56. The van der Waals surface area contributed by atoms with E-state index in [2.05, 4.69) is 16.4 Å². The van der Waals surface area contributed by atoms with Gasteiger partial charge < -0.3 is 19.5 Å². The summed E-state index contributed by atoms with van der Waals surface area (Å²) >= 11 is 7.68. The number of hydrogen-bond acceptors (Lipinski definition) is 6. The van der Waals surface area contributed by atoms with Gasteiger partial charge in [0.1, 0.15) is 10.7 Å². The molecule has 0 spiro atoms. The Morgan fingerprint density at radius 1 is 1.13 bits per heavy atom. The Morgan fingerprint density at radius 2 is 1.94 bits per heavy atom. The first-order valence-electron chi connectivity index (χ1n) is 10.1. The number of fused-ring (bicyclic) bond motifs is 1. The van der Waals surface area contributed by atoms with E-state index in [0.29, 0.717) is 30.5 Å². The number of nitrogens with one attached hydrogen (secondary N) is 1. The van der Waals surface area contributed by atoms with E-state index >= 15 is 0 Å². The molecule has 0 aliphatic carbocycles. The second-order valence-electron chi connectivity index (χ2n) is 7.66. The van der Waals surface area contributed by atoms with Crippen LogP contribution < -0.4 is 14.8 Å². The van der Waals surface area contributed by atoms with Gasteiger partial charge in [0.2, 0.25) is 6.79 Å². The van der Waals surface area contributed by atoms with E-state index in [9.17, 15) is 4.79 Å². The largest absolute Gasteiger partial charge is 0.454 e. The van der Waals surface area contributed by atoms with Crippen LogP contribution in [0.15, 0.2) is 47.8 Å². The Balaban J connectivity index is 1.34. The average molecular weight is 457 g/mol. The molecular formula is C23H21ClN2O4S. The third kappa shape index (κ3) is 4.01. The molecule has 5 rings (SSSR count). The predicted molar refractivity (Wildman–Crippen MR) is 119 cm³/mol. The minimum atomic E-state index is -0.226. The summed E-state index contributed by atoms with van der Waals surface area (Å²) in [6.07, 6.45) is 1.63. The van der Waals surface area contributed by atoms with Crippen LogP contribution in [0.5, 0.6) is 11.5 Å². The molecule has 0 unspecified atom stereocenters. The first-order chi connectivity index (χ1) is 15.1. The molecule has 3 aromatic rings. The number of amides is 1. The maximum Gasteiger partial charge on any atom is 0.270 e. The van der Waals surface area contributed by atoms with Gasteiger partial charge in [0, 0.05) is 36.1 Å². The first kappa shape index (κ1) is 20.3. The Morgan fingerprint density at radius 3 is 2.77 bits per heavy atom. The van der Waals surface area contributed by atoms with Gasteiger partial charge in [-0.05, 0) is 36.6 Å². The molecule has 1 N–H and O–H groups in total. The van der Waals surface area contributed by atoms with Crippen LogP contribution in [0.4, 0.5) is 0 Å². The van der Waals surface area contributed by atoms with Crippen LogP contribution in [0.2, 0.25) is 5.02 Å². The zero-order chi connectivity index (χ0) is 21.3. The van der Waals surface area contributed by atoms with Crippen molar-refractivity contribution in [3.8, 4) is 22.1 Å². The summed E-state index contributed by atoms with van der Waals surface area (Å²) in [7, 11) is 0. The lowest BCUT2D eigenvalue weighted by Gasteiger charge is -2.38. The SMILES string of the molecule is O=C(NCC1(c2ccc3c(c2)OCO3)CCOCC1)c1csc(-c2ccccc2Cl)n1. The maximum atomic E-state index is 12.9. The van der Waals surface area contributed by atoms with Crippen molar-refractivity contribution >= 4 is 28.8 Å². The summed E-state index contributed by atoms with van der Waals surface area (Å²) < 4.78 is 16.6. The van der Waals surface area contributed by atoms with Crippen LogP contribution in [0.3, 0.4) is 0 Å². The van der Waals surface area contributed by atoms with Crippen molar-refractivity contribution < 1.29 is 19.0 Å². The normalized spacial score (nSPS) is 16.8.